The predicted octanol–water partition coefficient (Wildman–Crippen LogP) is 4.61. The van der Waals surface area contributed by atoms with E-state index in [0.717, 1.165) is 0 Å². The van der Waals surface area contributed by atoms with E-state index < -0.39 is 126 Å². The fourth-order valence-corrected chi connectivity index (χ4v) is 5.35. The highest BCUT2D eigenvalue weighted by Crippen LogP contribution is 2.57. The molecule has 0 radical (unpaired) electrons. The second kappa shape index (κ2) is 12.2. The molecule has 0 saturated heterocycles. The van der Waals surface area contributed by atoms with Crippen molar-refractivity contribution in [3.05, 3.63) is 80.0 Å². The lowest BCUT2D eigenvalue weighted by atomic mass is 9.83. The van der Waals surface area contributed by atoms with Crippen molar-refractivity contribution in [1.82, 2.24) is 29.9 Å². The second-order valence-corrected chi connectivity index (χ2v) is 9.64. The molecule has 2 aliphatic rings. The van der Waals surface area contributed by atoms with E-state index in [2.05, 4.69) is 29.9 Å². The van der Waals surface area contributed by atoms with E-state index in [1.54, 1.807) is 12.1 Å². The van der Waals surface area contributed by atoms with Gasteiger partial charge in [-0.3, -0.25) is 0 Å². The Morgan fingerprint density at radius 2 is 0.769 bits per heavy atom. The van der Waals surface area contributed by atoms with E-state index in [-0.39, 0.29) is 0 Å². The van der Waals surface area contributed by atoms with Gasteiger partial charge in [-0.05, 0) is 0 Å². The maximum absolute atomic E-state index is 14.5. The highest BCUT2D eigenvalue weighted by Gasteiger charge is 2.46. The Kier molecular flexibility index (Phi) is 8.20. The summed E-state index contributed by atoms with van der Waals surface area (Å²) in [5, 5.41) is 81.1. The standard InChI is InChI=1S/C30F8N14/c31-27-49-23(47-25(51-27)29(33,34)35)21-12(6-44)17-11(5-43)18-13(7-45)22(24-48-26(30(36,37)38)52-28(32)50-24)16(10(3-41)4-42)20(18)14(8-46)19(17)15(21)9(1-39)2-40. The van der Waals surface area contributed by atoms with Crippen LogP contribution in [0.2, 0.25) is 0 Å². The molecule has 3 aromatic rings. The molecular formula is C30F8N14. The zero-order valence-electron chi connectivity index (χ0n) is 24.3. The van der Waals surface area contributed by atoms with E-state index in [1.165, 1.54) is 36.4 Å². The molecule has 0 fully saturated rings. The summed E-state index contributed by atoms with van der Waals surface area (Å²) < 4.78 is 111. The van der Waals surface area contributed by atoms with Crippen molar-refractivity contribution in [3.8, 4) is 48.6 Å². The minimum absolute atomic E-state index is 0.802. The van der Waals surface area contributed by atoms with E-state index in [9.17, 15) is 77.2 Å². The molecular weight excluding hydrogens is 708 g/mol. The average Bonchev–Trinajstić information content (AvgIpc) is 3.61. The predicted molar refractivity (Wildman–Crippen MR) is 147 cm³/mol. The summed E-state index contributed by atoms with van der Waals surface area (Å²) in [4.78, 5) is 17.7. The Balaban J connectivity index is 2.11. The van der Waals surface area contributed by atoms with Crippen molar-refractivity contribution < 1.29 is 35.1 Å². The maximum Gasteiger partial charge on any atom is 0.451 e. The van der Waals surface area contributed by atoms with Gasteiger partial charge in [-0.25, -0.2) is 9.97 Å². The average molecular weight is 708 g/mol. The van der Waals surface area contributed by atoms with Gasteiger partial charge in [-0.2, -0.15) is 97.2 Å². The molecule has 5 rings (SSSR count). The summed E-state index contributed by atoms with van der Waals surface area (Å²) >= 11 is 0. The summed E-state index contributed by atoms with van der Waals surface area (Å²) in [5.74, 6) is -6.98. The molecule has 0 atom stereocenters. The molecule has 0 spiro atoms. The van der Waals surface area contributed by atoms with Crippen molar-refractivity contribution in [2.75, 3.05) is 0 Å². The molecule has 14 nitrogen and oxygen atoms in total. The number of aromatic nitrogens is 6. The topological polar surface area (TPSA) is 268 Å². The fraction of sp³-hybridized carbons (Fsp3) is 0.0667. The van der Waals surface area contributed by atoms with Crippen LogP contribution in [0.4, 0.5) is 35.1 Å². The van der Waals surface area contributed by atoms with Crippen LogP contribution in [0.5, 0.6) is 0 Å². The van der Waals surface area contributed by atoms with Crippen LogP contribution >= 0.6 is 0 Å². The van der Waals surface area contributed by atoms with Gasteiger partial charge < -0.3 is 0 Å². The quantitative estimate of drug-likeness (QED) is 0.260. The first-order valence-corrected chi connectivity index (χ1v) is 13.0. The van der Waals surface area contributed by atoms with Crippen LogP contribution in [-0.4, -0.2) is 29.9 Å². The third-order valence-corrected chi connectivity index (χ3v) is 7.06. The number of alkyl halides is 6. The van der Waals surface area contributed by atoms with Crippen LogP contribution in [0.25, 0.3) is 33.4 Å². The highest BCUT2D eigenvalue weighted by atomic mass is 19.4. The van der Waals surface area contributed by atoms with Gasteiger partial charge >= 0.3 is 24.5 Å². The molecule has 2 aliphatic carbocycles. The minimum Gasteiger partial charge on any atom is -0.204 e. The van der Waals surface area contributed by atoms with Crippen LogP contribution in [0.15, 0.2) is 11.1 Å². The number of allylic oxidation sites excluding steroid dienone is 8. The van der Waals surface area contributed by atoms with Crippen LogP contribution in [0, 0.1) is 103 Å². The zero-order chi connectivity index (χ0) is 38.4. The van der Waals surface area contributed by atoms with E-state index in [0.29, 0.717) is 0 Å². The number of benzene rings is 1. The molecule has 0 amide bonds. The van der Waals surface area contributed by atoms with E-state index >= 15 is 0 Å². The van der Waals surface area contributed by atoms with Gasteiger partial charge in [0.1, 0.15) is 59.7 Å². The maximum atomic E-state index is 14.5. The van der Waals surface area contributed by atoms with Crippen molar-refractivity contribution in [2.45, 2.75) is 12.4 Å². The zero-order valence-corrected chi connectivity index (χ0v) is 24.3. The Bertz CT molecular complexity index is 2510. The SMILES string of the molecule is N#CC(C#N)=C1C(c2nc(F)nc(C(F)(F)F)n2)=C(C#N)c2c(C#N)c3c(c(C#N)c21)C(=C(C#N)C#N)C(c1nc(F)nc(C(F)(F)F)n1)=C3C#N. The largest absolute Gasteiger partial charge is 0.451 e. The van der Waals surface area contributed by atoms with Gasteiger partial charge in [-0.15, -0.1) is 0 Å². The third kappa shape index (κ3) is 5.12. The molecule has 22 heteroatoms. The van der Waals surface area contributed by atoms with Crippen LogP contribution in [0.1, 0.15) is 56.7 Å². The molecule has 0 saturated carbocycles. The number of halogens is 8. The van der Waals surface area contributed by atoms with Crippen LogP contribution in [-0.2, 0) is 12.4 Å². The van der Waals surface area contributed by atoms with Gasteiger partial charge in [0, 0.05) is 44.5 Å². The number of nitrogens with zero attached hydrogens (tertiary/aromatic N) is 14. The summed E-state index contributed by atoms with van der Waals surface area (Å²) in [6, 6.07) is 11.6. The Labute approximate surface area is 281 Å². The second-order valence-electron chi connectivity index (χ2n) is 9.64. The van der Waals surface area contributed by atoms with Gasteiger partial charge in [0.05, 0.1) is 22.3 Å². The molecule has 0 unspecified atom stereocenters. The Morgan fingerprint density at radius 1 is 0.442 bits per heavy atom. The first kappa shape index (κ1) is 34.9. The first-order chi connectivity index (χ1) is 24.6. The summed E-state index contributed by atoms with van der Waals surface area (Å²) in [7, 11) is 0. The van der Waals surface area contributed by atoms with E-state index in [4.69, 9.17) is 0 Å². The summed E-state index contributed by atoms with van der Waals surface area (Å²) in [6.07, 6.45) is -15.0. The lowest BCUT2D eigenvalue weighted by Crippen LogP contribution is -2.16. The highest BCUT2D eigenvalue weighted by molar-refractivity contribution is 6.31. The third-order valence-electron chi connectivity index (χ3n) is 7.06. The molecule has 52 heavy (non-hydrogen) atoms. The molecule has 0 aliphatic heterocycles. The van der Waals surface area contributed by atoms with Crippen molar-refractivity contribution in [2.24, 2.45) is 0 Å². The monoisotopic (exact) mass is 708 g/mol. The summed E-state index contributed by atoms with van der Waals surface area (Å²) in [5.41, 5.74) is -13.2. The molecule has 2 heterocycles. The smallest absolute Gasteiger partial charge is 0.204 e. The van der Waals surface area contributed by atoms with Crippen molar-refractivity contribution in [3.63, 3.8) is 0 Å². The lowest BCUT2D eigenvalue weighted by Gasteiger charge is -2.16. The number of nitriles is 8. The number of hydrogen-bond donors (Lipinski definition) is 0. The Hall–Kier alpha value is -8.44. The van der Waals surface area contributed by atoms with Gasteiger partial charge in [-0.1, -0.05) is 0 Å². The minimum atomic E-state index is -5.45. The van der Waals surface area contributed by atoms with E-state index in [1.807, 2.05) is 0 Å². The van der Waals surface area contributed by atoms with Gasteiger partial charge in [0.25, 0.3) is 0 Å². The van der Waals surface area contributed by atoms with Crippen LogP contribution in [0.3, 0.4) is 0 Å². The van der Waals surface area contributed by atoms with Gasteiger partial charge in [0.2, 0.25) is 11.6 Å². The molecule has 1 aromatic carbocycles. The van der Waals surface area contributed by atoms with Crippen LogP contribution < -0.4 is 0 Å². The van der Waals surface area contributed by atoms with Crippen molar-refractivity contribution in [1.29, 1.82) is 42.1 Å². The number of hydrogen-bond acceptors (Lipinski definition) is 14. The van der Waals surface area contributed by atoms with Gasteiger partial charge in [0.15, 0.2) is 11.6 Å². The summed E-state index contributed by atoms with van der Waals surface area (Å²) in [6.45, 7) is 0. The molecule has 2 aromatic heterocycles. The molecule has 0 bridgehead atoms. The van der Waals surface area contributed by atoms with Crippen molar-refractivity contribution >= 4 is 33.4 Å². The number of fused-ring (bicyclic) bond motifs is 2. The lowest BCUT2D eigenvalue weighted by molar-refractivity contribution is -0.146. The molecule has 246 valence electrons. The normalized spacial score (nSPS) is 13.0. The number of rotatable bonds is 2. The first-order valence-electron chi connectivity index (χ1n) is 13.0. The fourth-order valence-electron chi connectivity index (χ4n) is 5.35. The molecule has 0 N–H and O–H groups in total. The Morgan fingerprint density at radius 3 is 1.04 bits per heavy atom.